The quantitative estimate of drug-likeness (QED) is 0.795. The van der Waals surface area contributed by atoms with Crippen LogP contribution in [0.25, 0.3) is 0 Å². The number of carbonyl (C=O) groups is 1. The minimum absolute atomic E-state index is 0.0807. The number of rotatable bonds is 4. The van der Waals surface area contributed by atoms with Crippen LogP contribution in [0.2, 0.25) is 5.02 Å². The molecule has 0 saturated carbocycles. The van der Waals surface area contributed by atoms with Crippen LogP contribution in [0.5, 0.6) is 0 Å². The third kappa shape index (κ3) is 3.22. The van der Waals surface area contributed by atoms with Crippen molar-refractivity contribution in [3.8, 4) is 0 Å². The molecule has 5 nitrogen and oxygen atoms in total. The molecule has 0 bridgehead atoms. The number of hydrogen-bond acceptors (Lipinski definition) is 4. The Hall–Kier alpha value is -0.910. The molecule has 0 aliphatic carbocycles. The Morgan fingerprint density at radius 1 is 1.45 bits per heavy atom. The lowest BCUT2D eigenvalue weighted by molar-refractivity contribution is 0.0828. The molecular weight excluding hydrogens is 276 g/mol. The predicted octanol–water partition coefficient (Wildman–Crippen LogP) is 1.77. The van der Waals surface area contributed by atoms with E-state index in [1.807, 2.05) is 7.05 Å². The van der Waals surface area contributed by atoms with Gasteiger partial charge >= 0.3 is 0 Å². The van der Waals surface area contributed by atoms with E-state index in [0.717, 1.165) is 39.0 Å². The Balaban J connectivity index is 2.27. The van der Waals surface area contributed by atoms with Gasteiger partial charge in [-0.3, -0.25) is 14.4 Å². The summed E-state index contributed by atoms with van der Waals surface area (Å²) in [7, 11) is 4.07. The zero-order valence-corrected chi connectivity index (χ0v) is 13.2. The van der Waals surface area contributed by atoms with E-state index < -0.39 is 0 Å². The third-order valence-electron chi connectivity index (χ3n) is 3.83. The molecule has 1 saturated heterocycles. The van der Waals surface area contributed by atoms with Crippen molar-refractivity contribution in [2.24, 2.45) is 0 Å². The highest BCUT2D eigenvalue weighted by Crippen LogP contribution is 2.20. The van der Waals surface area contributed by atoms with Crippen molar-refractivity contribution < 1.29 is 4.79 Å². The highest BCUT2D eigenvalue weighted by atomic mass is 35.5. The number of Topliss-reactive ketones (excluding diaryl/α,β-unsaturated/α-hetero) is 1. The van der Waals surface area contributed by atoms with Crippen molar-refractivity contribution in [1.82, 2.24) is 19.6 Å². The van der Waals surface area contributed by atoms with E-state index in [2.05, 4.69) is 28.9 Å². The van der Waals surface area contributed by atoms with Crippen LogP contribution >= 0.6 is 11.6 Å². The lowest BCUT2D eigenvalue weighted by Gasteiger charge is -2.26. The molecule has 2 heterocycles. The molecule has 1 fully saturated rings. The molecule has 1 unspecified atom stereocenters. The molecule has 2 rings (SSSR count). The minimum Gasteiger partial charge on any atom is -0.304 e. The van der Waals surface area contributed by atoms with Gasteiger partial charge in [-0.1, -0.05) is 18.5 Å². The number of aromatic nitrogens is 2. The van der Waals surface area contributed by atoms with Crippen LogP contribution in [0.15, 0.2) is 6.20 Å². The molecular formula is C14H23ClN4O. The van der Waals surface area contributed by atoms with Crippen LogP contribution in [0.3, 0.4) is 0 Å². The summed E-state index contributed by atoms with van der Waals surface area (Å²) in [5.74, 6) is 0.0807. The second-order valence-electron chi connectivity index (χ2n) is 5.54. The van der Waals surface area contributed by atoms with Gasteiger partial charge in [0.25, 0.3) is 0 Å². The van der Waals surface area contributed by atoms with E-state index in [0.29, 0.717) is 10.7 Å². The van der Waals surface area contributed by atoms with Gasteiger partial charge < -0.3 is 4.90 Å². The van der Waals surface area contributed by atoms with E-state index >= 15 is 0 Å². The fourth-order valence-corrected chi connectivity index (χ4v) is 2.94. The lowest BCUT2D eigenvalue weighted by atomic mass is 10.1. The molecule has 0 aromatic carbocycles. The molecule has 0 N–H and O–H groups in total. The van der Waals surface area contributed by atoms with Crippen molar-refractivity contribution >= 4 is 17.4 Å². The maximum Gasteiger partial charge on any atom is 0.200 e. The third-order valence-corrected chi connectivity index (χ3v) is 4.11. The number of aryl methyl sites for hydroxylation is 1. The first-order valence-corrected chi connectivity index (χ1v) is 7.56. The topological polar surface area (TPSA) is 41.4 Å². The predicted molar refractivity (Wildman–Crippen MR) is 80.4 cm³/mol. The fraction of sp³-hybridized carbons (Fsp3) is 0.714. The monoisotopic (exact) mass is 298 g/mol. The zero-order valence-electron chi connectivity index (χ0n) is 12.5. The summed E-state index contributed by atoms with van der Waals surface area (Å²) in [5, 5.41) is 4.68. The summed E-state index contributed by atoms with van der Waals surface area (Å²) in [6.07, 6.45) is 3.59. The standard InChI is InChI=1S/C14H23ClN4O/c1-4-6-19-13(11(15)9-16-19)14(20)12-10-17(2)7-5-8-18(12)3/h9,12H,4-8,10H2,1-3H3. The van der Waals surface area contributed by atoms with Crippen molar-refractivity contribution in [2.75, 3.05) is 33.7 Å². The first-order chi connectivity index (χ1) is 9.54. The fourth-order valence-electron chi connectivity index (χ4n) is 2.70. The highest BCUT2D eigenvalue weighted by Gasteiger charge is 2.31. The van der Waals surface area contributed by atoms with Crippen LogP contribution in [-0.4, -0.2) is 65.1 Å². The normalized spacial score (nSPS) is 21.9. The Kier molecular flexibility index (Phi) is 5.18. The number of nitrogens with zero attached hydrogens (tertiary/aromatic N) is 4. The summed E-state index contributed by atoms with van der Waals surface area (Å²) < 4.78 is 1.74. The van der Waals surface area contributed by atoms with Gasteiger partial charge in [-0.05, 0) is 40.0 Å². The Labute approximate surface area is 125 Å². The Bertz CT molecular complexity index is 474. The smallest absolute Gasteiger partial charge is 0.200 e. The summed E-state index contributed by atoms with van der Waals surface area (Å²) in [4.78, 5) is 17.2. The Morgan fingerprint density at radius 3 is 2.90 bits per heavy atom. The van der Waals surface area contributed by atoms with Gasteiger partial charge in [0.05, 0.1) is 17.3 Å². The molecule has 0 spiro atoms. The second-order valence-corrected chi connectivity index (χ2v) is 5.95. The Morgan fingerprint density at radius 2 is 2.20 bits per heavy atom. The minimum atomic E-state index is -0.146. The highest BCUT2D eigenvalue weighted by molar-refractivity contribution is 6.33. The number of likely N-dealkylation sites (N-methyl/N-ethyl adjacent to an activating group) is 2. The van der Waals surface area contributed by atoms with Gasteiger partial charge in [0.2, 0.25) is 5.78 Å². The van der Waals surface area contributed by atoms with Gasteiger partial charge in [-0.25, -0.2) is 0 Å². The number of carbonyl (C=O) groups excluding carboxylic acids is 1. The maximum atomic E-state index is 12.9. The van der Waals surface area contributed by atoms with Gasteiger partial charge in [0.1, 0.15) is 5.69 Å². The van der Waals surface area contributed by atoms with Gasteiger partial charge in [-0.2, -0.15) is 5.10 Å². The SMILES string of the molecule is CCCn1ncc(Cl)c1C(=O)C1CN(C)CCCN1C. The van der Waals surface area contributed by atoms with E-state index in [9.17, 15) is 4.79 Å². The molecule has 1 aromatic heterocycles. The average Bonchev–Trinajstić information content (AvgIpc) is 2.67. The van der Waals surface area contributed by atoms with Crippen LogP contribution in [0, 0.1) is 0 Å². The van der Waals surface area contributed by atoms with Crippen LogP contribution in [-0.2, 0) is 6.54 Å². The lowest BCUT2D eigenvalue weighted by Crippen LogP contribution is -2.44. The molecule has 6 heteroatoms. The molecule has 1 aliphatic heterocycles. The molecule has 0 amide bonds. The summed E-state index contributed by atoms with van der Waals surface area (Å²) in [5.41, 5.74) is 0.556. The molecule has 0 radical (unpaired) electrons. The van der Waals surface area contributed by atoms with Crippen molar-refractivity contribution in [3.05, 3.63) is 16.9 Å². The van der Waals surface area contributed by atoms with Crippen LogP contribution < -0.4 is 0 Å². The summed E-state index contributed by atoms with van der Waals surface area (Å²) >= 11 is 6.18. The molecule has 1 aromatic rings. The van der Waals surface area contributed by atoms with Gasteiger partial charge in [0.15, 0.2) is 0 Å². The second kappa shape index (κ2) is 6.70. The number of ketones is 1. The van der Waals surface area contributed by atoms with Crippen LogP contribution in [0.4, 0.5) is 0 Å². The van der Waals surface area contributed by atoms with E-state index in [1.54, 1.807) is 10.9 Å². The summed E-state index contributed by atoms with van der Waals surface area (Å²) in [6, 6.07) is -0.146. The first kappa shape index (κ1) is 15.5. The average molecular weight is 299 g/mol. The first-order valence-electron chi connectivity index (χ1n) is 7.19. The largest absolute Gasteiger partial charge is 0.304 e. The van der Waals surface area contributed by atoms with Crippen molar-refractivity contribution in [3.63, 3.8) is 0 Å². The zero-order chi connectivity index (χ0) is 14.7. The summed E-state index contributed by atoms with van der Waals surface area (Å²) in [6.45, 7) is 5.48. The molecule has 20 heavy (non-hydrogen) atoms. The van der Waals surface area contributed by atoms with Crippen molar-refractivity contribution in [2.45, 2.75) is 32.4 Å². The maximum absolute atomic E-state index is 12.9. The molecule has 1 atom stereocenters. The molecule has 112 valence electrons. The van der Waals surface area contributed by atoms with E-state index in [1.165, 1.54) is 0 Å². The molecule has 1 aliphatic rings. The number of hydrogen-bond donors (Lipinski definition) is 0. The number of halogens is 1. The van der Waals surface area contributed by atoms with Crippen molar-refractivity contribution in [1.29, 1.82) is 0 Å². The van der Waals surface area contributed by atoms with Crippen LogP contribution in [0.1, 0.15) is 30.3 Å². The van der Waals surface area contributed by atoms with Gasteiger partial charge in [-0.15, -0.1) is 0 Å². The van der Waals surface area contributed by atoms with Gasteiger partial charge in [0, 0.05) is 13.1 Å². The van der Waals surface area contributed by atoms with E-state index in [4.69, 9.17) is 11.6 Å². The van der Waals surface area contributed by atoms with E-state index in [-0.39, 0.29) is 11.8 Å².